The summed E-state index contributed by atoms with van der Waals surface area (Å²) in [5.74, 6) is 0.0168. The minimum atomic E-state index is -0.498. The van der Waals surface area contributed by atoms with Crippen molar-refractivity contribution in [3.63, 3.8) is 0 Å². The predicted octanol–water partition coefficient (Wildman–Crippen LogP) is 2.00. The minimum absolute atomic E-state index is 0.0109. The van der Waals surface area contributed by atoms with E-state index < -0.39 is 5.97 Å². The maximum Gasteiger partial charge on any atom is 0.338 e. The molecular formula is C18H25NO5. The zero-order valence-corrected chi connectivity index (χ0v) is 14.2. The molecule has 2 atom stereocenters. The number of carbonyl (C=O) groups excluding carboxylic acids is 2. The highest BCUT2D eigenvalue weighted by molar-refractivity contribution is 5.89. The molecule has 1 aromatic rings. The van der Waals surface area contributed by atoms with Gasteiger partial charge in [0.15, 0.2) is 6.61 Å². The van der Waals surface area contributed by atoms with Crippen LogP contribution in [-0.4, -0.2) is 53.8 Å². The van der Waals surface area contributed by atoms with Gasteiger partial charge in [-0.3, -0.25) is 4.79 Å². The van der Waals surface area contributed by atoms with Crippen LogP contribution in [-0.2, 0) is 9.53 Å². The van der Waals surface area contributed by atoms with E-state index in [-0.39, 0.29) is 37.8 Å². The van der Waals surface area contributed by atoms with Crippen LogP contribution in [0.3, 0.4) is 0 Å². The van der Waals surface area contributed by atoms with Gasteiger partial charge in [-0.1, -0.05) is 0 Å². The van der Waals surface area contributed by atoms with Crippen LogP contribution >= 0.6 is 0 Å². The molecule has 1 saturated heterocycles. The Morgan fingerprint density at radius 1 is 1.17 bits per heavy atom. The predicted molar refractivity (Wildman–Crippen MR) is 88.9 cm³/mol. The third-order valence-electron chi connectivity index (χ3n) is 4.26. The standard InChI is InChI=1S/C18H25NO5/c1-13-4-3-5-14(2)19(13)17(21)12-24-16-8-6-15(7-9-16)18(22)23-11-10-20/h6-9,13-14,20H,3-5,10-12H2,1-2H3/t13-,14-/m0/s1. The molecule has 1 aromatic carbocycles. The molecular weight excluding hydrogens is 310 g/mol. The van der Waals surface area contributed by atoms with Gasteiger partial charge in [0.05, 0.1) is 12.2 Å². The van der Waals surface area contributed by atoms with E-state index in [1.807, 2.05) is 4.90 Å². The molecule has 1 aliphatic heterocycles. The number of esters is 1. The van der Waals surface area contributed by atoms with Gasteiger partial charge < -0.3 is 19.5 Å². The normalized spacial score (nSPS) is 20.5. The zero-order valence-electron chi connectivity index (χ0n) is 14.2. The topological polar surface area (TPSA) is 76.1 Å². The summed E-state index contributed by atoms with van der Waals surface area (Å²) in [6.45, 7) is 3.89. The number of carbonyl (C=O) groups is 2. The first-order valence-corrected chi connectivity index (χ1v) is 8.35. The number of benzene rings is 1. The second-order valence-corrected chi connectivity index (χ2v) is 6.10. The number of piperidine rings is 1. The van der Waals surface area contributed by atoms with E-state index in [4.69, 9.17) is 14.6 Å². The van der Waals surface area contributed by atoms with Crippen molar-refractivity contribution >= 4 is 11.9 Å². The number of hydrogen-bond acceptors (Lipinski definition) is 5. The van der Waals surface area contributed by atoms with E-state index >= 15 is 0 Å². The summed E-state index contributed by atoms with van der Waals surface area (Å²) >= 11 is 0. The first kappa shape index (κ1) is 18.3. The summed E-state index contributed by atoms with van der Waals surface area (Å²) in [6.07, 6.45) is 3.21. The van der Waals surface area contributed by atoms with Crippen LogP contribution < -0.4 is 4.74 Å². The highest BCUT2D eigenvalue weighted by Gasteiger charge is 2.28. The molecule has 132 valence electrons. The van der Waals surface area contributed by atoms with Crippen LogP contribution in [0.15, 0.2) is 24.3 Å². The first-order chi connectivity index (χ1) is 11.5. The van der Waals surface area contributed by atoms with Crippen LogP contribution in [0.4, 0.5) is 0 Å². The van der Waals surface area contributed by atoms with Crippen molar-refractivity contribution in [2.24, 2.45) is 0 Å². The van der Waals surface area contributed by atoms with Gasteiger partial charge in [0.25, 0.3) is 5.91 Å². The second kappa shape index (κ2) is 8.68. The number of aliphatic hydroxyl groups is 1. The Morgan fingerprint density at radius 3 is 2.38 bits per heavy atom. The van der Waals surface area contributed by atoms with E-state index in [2.05, 4.69) is 13.8 Å². The Morgan fingerprint density at radius 2 is 1.79 bits per heavy atom. The summed E-state index contributed by atoms with van der Waals surface area (Å²) in [7, 11) is 0. The molecule has 6 heteroatoms. The summed E-state index contributed by atoms with van der Waals surface area (Å²) in [4.78, 5) is 25.9. The molecule has 6 nitrogen and oxygen atoms in total. The molecule has 0 radical (unpaired) electrons. The number of nitrogens with zero attached hydrogens (tertiary/aromatic N) is 1. The SMILES string of the molecule is C[C@H]1CCC[C@H](C)N1C(=O)COc1ccc(C(=O)OCCO)cc1. The van der Waals surface area contributed by atoms with E-state index in [0.29, 0.717) is 11.3 Å². The monoisotopic (exact) mass is 335 g/mol. The molecule has 1 heterocycles. The highest BCUT2D eigenvalue weighted by Crippen LogP contribution is 2.23. The molecule has 0 aliphatic carbocycles. The number of amides is 1. The van der Waals surface area contributed by atoms with Gasteiger partial charge in [0.1, 0.15) is 12.4 Å². The Hall–Kier alpha value is -2.08. The van der Waals surface area contributed by atoms with Gasteiger partial charge in [0, 0.05) is 12.1 Å². The van der Waals surface area contributed by atoms with Crippen LogP contribution in [0, 0.1) is 0 Å². The van der Waals surface area contributed by atoms with Gasteiger partial charge in [-0.2, -0.15) is 0 Å². The van der Waals surface area contributed by atoms with Gasteiger partial charge in [-0.15, -0.1) is 0 Å². The highest BCUT2D eigenvalue weighted by atomic mass is 16.5. The molecule has 0 aromatic heterocycles. The fraction of sp³-hybridized carbons (Fsp3) is 0.556. The quantitative estimate of drug-likeness (QED) is 0.805. The maximum absolute atomic E-state index is 12.4. The van der Waals surface area contributed by atoms with Crippen molar-refractivity contribution in [2.45, 2.75) is 45.2 Å². The van der Waals surface area contributed by atoms with E-state index in [9.17, 15) is 9.59 Å². The fourth-order valence-corrected chi connectivity index (χ4v) is 3.04. The third-order valence-corrected chi connectivity index (χ3v) is 4.26. The lowest BCUT2D eigenvalue weighted by molar-refractivity contribution is -0.139. The molecule has 1 aliphatic rings. The number of likely N-dealkylation sites (tertiary alicyclic amines) is 1. The first-order valence-electron chi connectivity index (χ1n) is 8.35. The Labute approximate surface area is 142 Å². The smallest absolute Gasteiger partial charge is 0.338 e. The summed E-state index contributed by atoms with van der Waals surface area (Å²) < 4.78 is 10.4. The summed E-state index contributed by atoms with van der Waals surface area (Å²) in [5.41, 5.74) is 0.375. The third kappa shape index (κ3) is 4.71. The molecule has 0 unspecified atom stereocenters. The lowest BCUT2D eigenvalue weighted by atomic mass is 9.97. The van der Waals surface area contributed by atoms with Gasteiger partial charge >= 0.3 is 5.97 Å². The lowest BCUT2D eigenvalue weighted by Gasteiger charge is -2.38. The molecule has 2 rings (SSSR count). The van der Waals surface area contributed by atoms with Crippen molar-refractivity contribution in [3.8, 4) is 5.75 Å². The molecule has 24 heavy (non-hydrogen) atoms. The number of aliphatic hydroxyl groups excluding tert-OH is 1. The Bertz CT molecular complexity index is 547. The average Bonchev–Trinajstić information content (AvgIpc) is 2.58. The lowest BCUT2D eigenvalue weighted by Crippen LogP contribution is -2.49. The maximum atomic E-state index is 12.4. The van der Waals surface area contributed by atoms with E-state index in [0.717, 1.165) is 19.3 Å². The van der Waals surface area contributed by atoms with Crippen LogP contribution in [0.1, 0.15) is 43.5 Å². The van der Waals surface area contributed by atoms with Crippen molar-refractivity contribution in [1.29, 1.82) is 0 Å². The fourth-order valence-electron chi connectivity index (χ4n) is 3.04. The summed E-state index contributed by atoms with van der Waals surface area (Å²) in [6, 6.07) is 6.90. The Kier molecular flexibility index (Phi) is 6.61. The second-order valence-electron chi connectivity index (χ2n) is 6.10. The Balaban J connectivity index is 1.87. The van der Waals surface area contributed by atoms with Gasteiger partial charge in [-0.25, -0.2) is 4.79 Å². The van der Waals surface area contributed by atoms with Gasteiger partial charge in [-0.05, 0) is 57.4 Å². The van der Waals surface area contributed by atoms with Crippen molar-refractivity contribution in [2.75, 3.05) is 19.8 Å². The molecule has 1 amide bonds. The molecule has 0 saturated carbocycles. The molecule has 0 spiro atoms. The summed E-state index contributed by atoms with van der Waals surface area (Å²) in [5, 5.41) is 8.64. The molecule has 1 N–H and O–H groups in total. The van der Waals surface area contributed by atoms with Crippen molar-refractivity contribution in [3.05, 3.63) is 29.8 Å². The van der Waals surface area contributed by atoms with E-state index in [1.165, 1.54) is 0 Å². The van der Waals surface area contributed by atoms with Crippen molar-refractivity contribution < 1.29 is 24.2 Å². The van der Waals surface area contributed by atoms with Crippen molar-refractivity contribution in [1.82, 2.24) is 4.90 Å². The van der Waals surface area contributed by atoms with Gasteiger partial charge in [0.2, 0.25) is 0 Å². The van der Waals surface area contributed by atoms with Crippen LogP contribution in [0.2, 0.25) is 0 Å². The van der Waals surface area contributed by atoms with E-state index in [1.54, 1.807) is 24.3 Å². The largest absolute Gasteiger partial charge is 0.484 e. The zero-order chi connectivity index (χ0) is 17.5. The van der Waals surface area contributed by atoms with Crippen LogP contribution in [0.5, 0.6) is 5.75 Å². The van der Waals surface area contributed by atoms with Crippen LogP contribution in [0.25, 0.3) is 0 Å². The number of rotatable bonds is 6. The number of ether oxygens (including phenoxy) is 2. The minimum Gasteiger partial charge on any atom is -0.484 e. The molecule has 1 fully saturated rings. The molecule has 0 bridgehead atoms. The number of hydrogen-bond donors (Lipinski definition) is 1. The average molecular weight is 335 g/mol.